The highest BCUT2D eigenvalue weighted by molar-refractivity contribution is 7.89. The van der Waals surface area contributed by atoms with Crippen molar-refractivity contribution in [3.05, 3.63) is 24.0 Å². The second kappa shape index (κ2) is 5.67. The number of hydrogen-bond donors (Lipinski definition) is 2. The summed E-state index contributed by atoms with van der Waals surface area (Å²) in [6.07, 6.45) is 0.864. The quantitative estimate of drug-likeness (QED) is 0.808. The van der Waals surface area contributed by atoms with Gasteiger partial charge in [-0.2, -0.15) is 0 Å². The molecular formula is C12H19FN2O2S. The minimum absolute atomic E-state index is 0.0842. The first kappa shape index (κ1) is 14.9. The molecule has 102 valence electrons. The summed E-state index contributed by atoms with van der Waals surface area (Å²) in [6, 6.07) is 3.06. The predicted molar refractivity (Wildman–Crippen MR) is 70.1 cm³/mol. The molecule has 0 aliphatic heterocycles. The van der Waals surface area contributed by atoms with Gasteiger partial charge in [0, 0.05) is 6.04 Å². The first-order chi connectivity index (χ1) is 8.27. The van der Waals surface area contributed by atoms with Crippen molar-refractivity contribution in [2.75, 3.05) is 5.73 Å². The predicted octanol–water partition coefficient (Wildman–Crippen LogP) is 2.12. The van der Waals surface area contributed by atoms with E-state index in [1.807, 2.05) is 13.8 Å². The van der Waals surface area contributed by atoms with E-state index in [9.17, 15) is 12.8 Å². The number of nitrogen functional groups attached to an aromatic ring is 1. The zero-order chi connectivity index (χ0) is 13.9. The second-order valence-corrected chi connectivity index (χ2v) is 6.16. The Hall–Kier alpha value is -1.14. The highest BCUT2D eigenvalue weighted by Crippen LogP contribution is 2.20. The SMILES string of the molecule is CCC(C)C(C)NS(=O)(=O)c1ccc(F)cc1N. The van der Waals surface area contributed by atoms with Gasteiger partial charge < -0.3 is 5.73 Å². The Labute approximate surface area is 107 Å². The monoisotopic (exact) mass is 274 g/mol. The summed E-state index contributed by atoms with van der Waals surface area (Å²) in [5, 5.41) is 0. The summed E-state index contributed by atoms with van der Waals surface area (Å²) in [5.41, 5.74) is 5.45. The fourth-order valence-electron chi connectivity index (χ4n) is 1.54. The van der Waals surface area contributed by atoms with E-state index in [4.69, 9.17) is 5.73 Å². The van der Waals surface area contributed by atoms with Crippen LogP contribution in [-0.4, -0.2) is 14.5 Å². The maximum atomic E-state index is 12.9. The summed E-state index contributed by atoms with van der Waals surface area (Å²) in [7, 11) is -3.70. The minimum atomic E-state index is -3.70. The lowest BCUT2D eigenvalue weighted by atomic mass is 10.0. The fourth-order valence-corrected chi connectivity index (χ4v) is 3.01. The van der Waals surface area contributed by atoms with Crippen LogP contribution in [0.25, 0.3) is 0 Å². The number of rotatable bonds is 5. The van der Waals surface area contributed by atoms with Crippen LogP contribution in [0.4, 0.5) is 10.1 Å². The molecule has 0 saturated carbocycles. The molecule has 0 bridgehead atoms. The minimum Gasteiger partial charge on any atom is -0.398 e. The number of sulfonamides is 1. The maximum absolute atomic E-state index is 12.9. The topological polar surface area (TPSA) is 72.2 Å². The lowest BCUT2D eigenvalue weighted by molar-refractivity contribution is 0.434. The average molecular weight is 274 g/mol. The number of nitrogens with two attached hydrogens (primary N) is 1. The van der Waals surface area contributed by atoms with Gasteiger partial charge >= 0.3 is 0 Å². The second-order valence-electron chi connectivity index (χ2n) is 4.48. The van der Waals surface area contributed by atoms with E-state index < -0.39 is 15.8 Å². The smallest absolute Gasteiger partial charge is 0.242 e. The van der Waals surface area contributed by atoms with Crippen molar-refractivity contribution in [2.24, 2.45) is 5.92 Å². The van der Waals surface area contributed by atoms with Gasteiger partial charge in [-0.1, -0.05) is 20.3 Å². The molecule has 0 spiro atoms. The van der Waals surface area contributed by atoms with Crippen LogP contribution in [0.1, 0.15) is 27.2 Å². The van der Waals surface area contributed by atoms with E-state index in [-0.39, 0.29) is 22.5 Å². The van der Waals surface area contributed by atoms with Crippen LogP contribution < -0.4 is 10.5 Å². The summed E-state index contributed by atoms with van der Waals surface area (Å²) in [4.78, 5) is -0.0842. The van der Waals surface area contributed by atoms with Crippen LogP contribution in [0.3, 0.4) is 0 Å². The van der Waals surface area contributed by atoms with E-state index in [1.165, 1.54) is 6.07 Å². The summed E-state index contributed by atoms with van der Waals surface area (Å²) in [6.45, 7) is 5.74. The maximum Gasteiger partial charge on any atom is 0.242 e. The Balaban J connectivity index is 3.00. The number of anilines is 1. The Morgan fingerprint density at radius 1 is 1.39 bits per heavy atom. The lowest BCUT2D eigenvalue weighted by Gasteiger charge is -2.20. The molecule has 1 aromatic rings. The molecule has 18 heavy (non-hydrogen) atoms. The zero-order valence-corrected chi connectivity index (χ0v) is 11.6. The Morgan fingerprint density at radius 2 is 2.00 bits per heavy atom. The van der Waals surface area contributed by atoms with Gasteiger partial charge in [0.1, 0.15) is 10.7 Å². The molecule has 1 aromatic carbocycles. The third-order valence-electron chi connectivity index (χ3n) is 3.10. The molecule has 0 aromatic heterocycles. The highest BCUT2D eigenvalue weighted by atomic mass is 32.2. The van der Waals surface area contributed by atoms with E-state index >= 15 is 0 Å². The molecule has 3 N–H and O–H groups in total. The lowest BCUT2D eigenvalue weighted by Crippen LogP contribution is -2.37. The van der Waals surface area contributed by atoms with Gasteiger partial charge in [0.05, 0.1) is 5.69 Å². The first-order valence-corrected chi connectivity index (χ1v) is 7.33. The molecule has 0 saturated heterocycles. The van der Waals surface area contributed by atoms with E-state index in [2.05, 4.69) is 4.72 Å². The highest BCUT2D eigenvalue weighted by Gasteiger charge is 2.22. The van der Waals surface area contributed by atoms with Crippen LogP contribution in [0, 0.1) is 11.7 Å². The van der Waals surface area contributed by atoms with Crippen LogP contribution >= 0.6 is 0 Å². The van der Waals surface area contributed by atoms with Crippen molar-refractivity contribution >= 4 is 15.7 Å². The number of halogens is 1. The van der Waals surface area contributed by atoms with Gasteiger partial charge in [-0.05, 0) is 31.0 Å². The molecule has 0 fully saturated rings. The molecule has 0 aliphatic carbocycles. The fraction of sp³-hybridized carbons (Fsp3) is 0.500. The van der Waals surface area contributed by atoms with Gasteiger partial charge in [-0.25, -0.2) is 17.5 Å². The van der Waals surface area contributed by atoms with Crippen molar-refractivity contribution in [2.45, 2.75) is 38.1 Å². The summed E-state index contributed by atoms with van der Waals surface area (Å²) < 4.78 is 39.6. The Kier molecular flexibility index (Phi) is 4.70. The van der Waals surface area contributed by atoms with Gasteiger partial charge in [-0.15, -0.1) is 0 Å². The van der Waals surface area contributed by atoms with Crippen molar-refractivity contribution in [3.63, 3.8) is 0 Å². The van der Waals surface area contributed by atoms with Crippen molar-refractivity contribution in [1.29, 1.82) is 0 Å². The Bertz CT molecular complexity index is 517. The van der Waals surface area contributed by atoms with Crippen LogP contribution in [0.2, 0.25) is 0 Å². The summed E-state index contributed by atoms with van der Waals surface area (Å²) in [5.74, 6) is -0.345. The molecule has 0 heterocycles. The third kappa shape index (κ3) is 3.43. The molecule has 6 heteroatoms. The van der Waals surface area contributed by atoms with Gasteiger partial charge in [0.15, 0.2) is 0 Å². The van der Waals surface area contributed by atoms with Crippen molar-refractivity contribution in [1.82, 2.24) is 4.72 Å². The Morgan fingerprint density at radius 3 is 2.50 bits per heavy atom. The molecule has 2 unspecified atom stereocenters. The number of nitrogens with one attached hydrogen (secondary N) is 1. The molecule has 0 aliphatic rings. The number of hydrogen-bond acceptors (Lipinski definition) is 3. The molecule has 0 radical (unpaired) electrons. The van der Waals surface area contributed by atoms with Crippen LogP contribution in [-0.2, 0) is 10.0 Å². The normalized spacial score (nSPS) is 15.3. The molecule has 0 amide bonds. The van der Waals surface area contributed by atoms with Crippen molar-refractivity contribution in [3.8, 4) is 0 Å². The third-order valence-corrected chi connectivity index (χ3v) is 4.73. The average Bonchev–Trinajstić information content (AvgIpc) is 2.26. The van der Waals surface area contributed by atoms with Crippen LogP contribution in [0.5, 0.6) is 0 Å². The van der Waals surface area contributed by atoms with E-state index in [0.29, 0.717) is 0 Å². The van der Waals surface area contributed by atoms with Gasteiger partial charge in [-0.3, -0.25) is 0 Å². The zero-order valence-electron chi connectivity index (χ0n) is 10.8. The van der Waals surface area contributed by atoms with Crippen molar-refractivity contribution < 1.29 is 12.8 Å². The summed E-state index contributed by atoms with van der Waals surface area (Å²) >= 11 is 0. The molecule has 4 nitrogen and oxygen atoms in total. The standard InChI is InChI=1S/C12H19FN2O2S/c1-4-8(2)9(3)15-18(16,17)12-6-5-10(13)7-11(12)14/h5-9,15H,4,14H2,1-3H3. The van der Waals surface area contributed by atoms with Gasteiger partial charge in [0.2, 0.25) is 10.0 Å². The molecule has 2 atom stereocenters. The molecular weight excluding hydrogens is 255 g/mol. The largest absolute Gasteiger partial charge is 0.398 e. The van der Waals surface area contributed by atoms with Crippen LogP contribution in [0.15, 0.2) is 23.1 Å². The number of benzene rings is 1. The molecule has 1 rings (SSSR count). The first-order valence-electron chi connectivity index (χ1n) is 5.85. The van der Waals surface area contributed by atoms with E-state index in [0.717, 1.165) is 18.6 Å². The van der Waals surface area contributed by atoms with Gasteiger partial charge in [0.25, 0.3) is 0 Å². The van der Waals surface area contributed by atoms with E-state index in [1.54, 1.807) is 6.92 Å².